The molecule has 2 unspecified atom stereocenters. The Labute approximate surface area is 182 Å². The van der Waals surface area contributed by atoms with Gasteiger partial charge in [-0.25, -0.2) is 4.21 Å². The van der Waals surface area contributed by atoms with Gasteiger partial charge in [-0.2, -0.15) is 13.2 Å². The van der Waals surface area contributed by atoms with Crippen molar-refractivity contribution in [3.63, 3.8) is 0 Å². The Kier molecular flexibility index (Phi) is 7.96. The molecule has 6 nitrogen and oxygen atoms in total. The number of carboxylic acids is 1. The highest BCUT2D eigenvalue weighted by Gasteiger charge is 2.40. The molecule has 0 heterocycles. The monoisotopic (exact) mass is 478 g/mol. The van der Waals surface area contributed by atoms with Crippen LogP contribution in [0.4, 0.5) is 13.2 Å². The van der Waals surface area contributed by atoms with Gasteiger partial charge in [0.2, 0.25) is 0 Å². The lowest BCUT2D eigenvalue weighted by molar-refractivity contribution is -0.150. The molecule has 0 aliphatic rings. The van der Waals surface area contributed by atoms with E-state index in [1.54, 1.807) is 6.07 Å². The third-order valence-electron chi connectivity index (χ3n) is 4.78. The minimum Gasteiger partial charge on any atom is -0.508 e. The van der Waals surface area contributed by atoms with Crippen molar-refractivity contribution in [1.29, 1.82) is 4.78 Å². The highest BCUT2D eigenvalue weighted by Crippen LogP contribution is 2.39. The number of alkyl halides is 3. The SMILES string of the molecule is N=S(=O)(CCC(c1ccc(-c2ccc(O)cc2Cl)cc1)C(F)(F)F)CC[C@H](N)C(=O)O. The lowest BCUT2D eigenvalue weighted by Crippen LogP contribution is -2.32. The fourth-order valence-electron chi connectivity index (χ4n) is 3.00. The Bertz CT molecular complexity index is 1030. The minimum atomic E-state index is -4.62. The molecule has 170 valence electrons. The van der Waals surface area contributed by atoms with Crippen LogP contribution in [0.1, 0.15) is 24.3 Å². The van der Waals surface area contributed by atoms with Crippen molar-refractivity contribution in [3.05, 3.63) is 53.1 Å². The number of phenolic OH excluding ortho intramolecular Hbond substituents is 1. The molecule has 0 aromatic heterocycles. The van der Waals surface area contributed by atoms with E-state index < -0.39 is 46.0 Å². The number of halogens is 4. The third-order valence-corrected chi connectivity index (χ3v) is 6.89. The van der Waals surface area contributed by atoms with E-state index in [4.69, 9.17) is 27.2 Å². The summed E-state index contributed by atoms with van der Waals surface area (Å²) in [7, 11) is -3.42. The lowest BCUT2D eigenvalue weighted by atomic mass is 9.93. The van der Waals surface area contributed by atoms with Crippen LogP contribution in [0.25, 0.3) is 11.1 Å². The molecule has 0 spiro atoms. The summed E-state index contributed by atoms with van der Waals surface area (Å²) in [4.78, 5) is 10.7. The number of carboxylic acid groups (broad SMARTS) is 1. The van der Waals surface area contributed by atoms with Crippen molar-refractivity contribution in [2.75, 3.05) is 11.5 Å². The first-order valence-electron chi connectivity index (χ1n) is 9.18. The molecule has 0 amide bonds. The molecule has 0 saturated heterocycles. The number of carbonyl (C=O) groups is 1. The molecule has 0 radical (unpaired) electrons. The van der Waals surface area contributed by atoms with Crippen molar-refractivity contribution < 1.29 is 32.4 Å². The molecule has 0 aliphatic heterocycles. The van der Waals surface area contributed by atoms with Crippen LogP contribution in [0.5, 0.6) is 5.75 Å². The first kappa shape index (κ1) is 25.0. The van der Waals surface area contributed by atoms with Crippen LogP contribution in [-0.4, -0.2) is 44.1 Å². The quantitative estimate of drug-likeness (QED) is 0.419. The van der Waals surface area contributed by atoms with E-state index in [1.165, 1.54) is 36.4 Å². The van der Waals surface area contributed by atoms with Crippen LogP contribution >= 0.6 is 11.6 Å². The second-order valence-corrected chi connectivity index (χ2v) is 9.97. The Morgan fingerprint density at radius 3 is 2.23 bits per heavy atom. The predicted molar refractivity (Wildman–Crippen MR) is 113 cm³/mol. The summed E-state index contributed by atoms with van der Waals surface area (Å²) in [6.07, 6.45) is -5.45. The highest BCUT2D eigenvalue weighted by atomic mass is 35.5. The molecule has 0 fully saturated rings. The van der Waals surface area contributed by atoms with Gasteiger partial charge in [-0.1, -0.05) is 35.9 Å². The number of phenols is 1. The van der Waals surface area contributed by atoms with E-state index in [1.807, 2.05) is 0 Å². The van der Waals surface area contributed by atoms with Crippen molar-refractivity contribution in [3.8, 4) is 16.9 Å². The van der Waals surface area contributed by atoms with Gasteiger partial charge in [-0.15, -0.1) is 0 Å². The van der Waals surface area contributed by atoms with Crippen LogP contribution < -0.4 is 5.73 Å². The van der Waals surface area contributed by atoms with Crippen molar-refractivity contribution >= 4 is 27.3 Å². The Balaban J connectivity index is 2.17. The minimum absolute atomic E-state index is 0.0363. The number of benzene rings is 2. The van der Waals surface area contributed by atoms with E-state index in [0.29, 0.717) is 11.1 Å². The smallest absolute Gasteiger partial charge is 0.395 e. The Hall–Kier alpha value is -2.30. The zero-order valence-electron chi connectivity index (χ0n) is 16.2. The molecule has 2 aromatic carbocycles. The molecule has 0 aliphatic carbocycles. The number of hydrogen-bond donors (Lipinski definition) is 4. The molecule has 31 heavy (non-hydrogen) atoms. The molecule has 2 rings (SSSR count). The second kappa shape index (κ2) is 9.88. The number of hydrogen-bond acceptors (Lipinski definition) is 5. The van der Waals surface area contributed by atoms with Crippen LogP contribution in [0, 0.1) is 4.78 Å². The fraction of sp³-hybridized carbons (Fsp3) is 0.350. The molecule has 0 saturated carbocycles. The maximum atomic E-state index is 13.6. The number of aromatic hydroxyl groups is 1. The van der Waals surface area contributed by atoms with Gasteiger partial charge in [-0.05, 0) is 42.2 Å². The van der Waals surface area contributed by atoms with Gasteiger partial charge in [0, 0.05) is 26.8 Å². The van der Waals surface area contributed by atoms with E-state index in [2.05, 4.69) is 0 Å². The topological polar surface area (TPSA) is 124 Å². The summed E-state index contributed by atoms with van der Waals surface area (Å²) in [6, 6.07) is 8.49. The highest BCUT2D eigenvalue weighted by molar-refractivity contribution is 7.92. The van der Waals surface area contributed by atoms with Crippen LogP contribution in [-0.2, 0) is 14.5 Å². The van der Waals surface area contributed by atoms with E-state index in [-0.39, 0.29) is 28.5 Å². The number of rotatable bonds is 9. The normalized spacial score (nSPS) is 15.8. The zero-order chi connectivity index (χ0) is 23.4. The first-order valence-corrected chi connectivity index (χ1v) is 11.5. The number of nitrogens with one attached hydrogen (secondary N) is 1. The van der Waals surface area contributed by atoms with Crippen LogP contribution in [0.2, 0.25) is 5.02 Å². The van der Waals surface area contributed by atoms with E-state index in [9.17, 15) is 27.3 Å². The lowest BCUT2D eigenvalue weighted by Gasteiger charge is -2.22. The van der Waals surface area contributed by atoms with E-state index >= 15 is 0 Å². The van der Waals surface area contributed by atoms with Crippen molar-refractivity contribution in [2.24, 2.45) is 5.73 Å². The molecule has 0 bridgehead atoms. The molecular weight excluding hydrogens is 457 g/mol. The van der Waals surface area contributed by atoms with Crippen LogP contribution in [0.15, 0.2) is 42.5 Å². The first-order chi connectivity index (χ1) is 14.3. The molecule has 5 N–H and O–H groups in total. The largest absolute Gasteiger partial charge is 0.508 e. The molecular formula is C20H22ClF3N2O4S. The van der Waals surface area contributed by atoms with Gasteiger partial charge in [0.25, 0.3) is 0 Å². The second-order valence-electron chi connectivity index (χ2n) is 7.12. The fourth-order valence-corrected chi connectivity index (χ4v) is 4.74. The summed E-state index contributed by atoms with van der Waals surface area (Å²) in [5, 5.41) is 18.4. The van der Waals surface area contributed by atoms with Gasteiger partial charge in [-0.3, -0.25) is 9.57 Å². The van der Waals surface area contributed by atoms with Gasteiger partial charge in [0.15, 0.2) is 0 Å². The van der Waals surface area contributed by atoms with Gasteiger partial charge < -0.3 is 15.9 Å². The van der Waals surface area contributed by atoms with Gasteiger partial charge in [0.1, 0.15) is 11.8 Å². The van der Waals surface area contributed by atoms with Crippen molar-refractivity contribution in [2.45, 2.75) is 31.0 Å². The third kappa shape index (κ3) is 7.12. The predicted octanol–water partition coefficient (Wildman–Crippen LogP) is 4.60. The standard InChI is InChI=1S/C20H22ClF3N2O4S/c21-17-11-14(27)5-6-15(17)12-1-3-13(4-2-12)16(20(22,23)24)7-9-31(26,30)10-8-18(25)19(28)29/h1-6,11,16,18,26-27H,7-10,25H2,(H,28,29)/t16?,18-,31?/m0/s1. The maximum absolute atomic E-state index is 13.6. The summed E-state index contributed by atoms with van der Waals surface area (Å²) in [5.74, 6) is -4.21. The summed E-state index contributed by atoms with van der Waals surface area (Å²) in [6.45, 7) is 0. The Morgan fingerprint density at radius 1 is 1.13 bits per heavy atom. The van der Waals surface area contributed by atoms with Crippen molar-refractivity contribution in [1.82, 2.24) is 0 Å². The summed E-state index contributed by atoms with van der Waals surface area (Å²) >= 11 is 6.07. The van der Waals surface area contributed by atoms with Gasteiger partial charge >= 0.3 is 12.1 Å². The average Bonchev–Trinajstić information content (AvgIpc) is 2.66. The number of nitrogens with two attached hydrogens (primary N) is 1. The van der Waals surface area contributed by atoms with Gasteiger partial charge in [0.05, 0.1) is 10.9 Å². The summed E-state index contributed by atoms with van der Waals surface area (Å²) in [5.41, 5.74) is 6.35. The average molecular weight is 479 g/mol. The zero-order valence-corrected chi connectivity index (χ0v) is 17.8. The Morgan fingerprint density at radius 2 is 1.71 bits per heavy atom. The number of aliphatic carboxylic acids is 1. The molecule has 2 aromatic rings. The molecule has 11 heteroatoms. The summed E-state index contributed by atoms with van der Waals surface area (Å²) < 4.78 is 61.0. The van der Waals surface area contributed by atoms with Crippen LogP contribution in [0.3, 0.4) is 0 Å². The maximum Gasteiger partial charge on any atom is 0.395 e. The van der Waals surface area contributed by atoms with E-state index in [0.717, 1.165) is 0 Å². The molecule has 3 atom stereocenters.